The zero-order chi connectivity index (χ0) is 10.9. The second kappa shape index (κ2) is 3.73. The van der Waals surface area contributed by atoms with Gasteiger partial charge in [0, 0.05) is 6.42 Å². The van der Waals surface area contributed by atoms with Crippen molar-refractivity contribution in [3.05, 3.63) is 11.7 Å². The van der Waals surface area contributed by atoms with Crippen LogP contribution in [-0.2, 0) is 16.3 Å². The molecule has 1 fully saturated rings. The second-order valence-electron chi connectivity index (χ2n) is 3.50. The van der Waals surface area contributed by atoms with Gasteiger partial charge in [-0.1, -0.05) is 5.16 Å². The summed E-state index contributed by atoms with van der Waals surface area (Å²) in [7, 11) is -2.99. The molecule has 0 bridgehead atoms. The maximum atomic E-state index is 11.5. The highest BCUT2D eigenvalue weighted by Crippen LogP contribution is 2.22. The lowest BCUT2D eigenvalue weighted by molar-refractivity contribution is 0.108. The van der Waals surface area contributed by atoms with Gasteiger partial charge in [-0.2, -0.15) is 4.98 Å². The fourth-order valence-electron chi connectivity index (χ4n) is 1.69. The highest BCUT2D eigenvalue weighted by molar-refractivity contribution is 7.92. The number of aromatic nitrogens is 2. The van der Waals surface area contributed by atoms with Crippen molar-refractivity contribution < 1.29 is 17.7 Å². The number of nitrogens with zero attached hydrogens (tertiary/aromatic N) is 2. The first kappa shape index (κ1) is 10.3. The summed E-state index contributed by atoms with van der Waals surface area (Å²) in [5, 5.41) is 3.11. The van der Waals surface area contributed by atoms with Crippen LogP contribution in [0.1, 0.15) is 29.4 Å². The first-order valence-corrected chi connectivity index (χ1v) is 6.33. The number of sulfone groups is 1. The van der Waals surface area contributed by atoms with E-state index >= 15 is 0 Å². The summed E-state index contributed by atoms with van der Waals surface area (Å²) in [5.41, 5.74) is 0. The maximum Gasteiger partial charge on any atom is 0.290 e. The Balaban J connectivity index is 2.12. The first-order valence-electron chi connectivity index (χ1n) is 4.61. The van der Waals surface area contributed by atoms with E-state index in [0.29, 0.717) is 19.1 Å². The van der Waals surface area contributed by atoms with Gasteiger partial charge < -0.3 is 4.52 Å². The summed E-state index contributed by atoms with van der Waals surface area (Å²) >= 11 is 0. The molecule has 0 N–H and O–H groups in total. The summed E-state index contributed by atoms with van der Waals surface area (Å²) < 4.78 is 27.5. The van der Waals surface area contributed by atoms with Crippen molar-refractivity contribution in [2.45, 2.75) is 24.5 Å². The average molecular weight is 230 g/mol. The minimum atomic E-state index is -2.99. The highest BCUT2D eigenvalue weighted by Gasteiger charge is 2.32. The van der Waals surface area contributed by atoms with Crippen molar-refractivity contribution >= 4 is 16.1 Å². The average Bonchev–Trinajstić information content (AvgIpc) is 2.75. The van der Waals surface area contributed by atoms with Gasteiger partial charge in [0.15, 0.2) is 15.7 Å². The molecule has 1 unspecified atom stereocenters. The van der Waals surface area contributed by atoms with Crippen molar-refractivity contribution in [2.75, 3.05) is 5.75 Å². The first-order chi connectivity index (χ1) is 7.12. The van der Waals surface area contributed by atoms with Crippen LogP contribution in [0.2, 0.25) is 0 Å². The van der Waals surface area contributed by atoms with E-state index in [4.69, 9.17) is 0 Å². The zero-order valence-electron chi connectivity index (χ0n) is 7.92. The van der Waals surface area contributed by atoms with Crippen molar-refractivity contribution in [3.8, 4) is 0 Å². The Kier molecular flexibility index (Phi) is 2.56. The summed E-state index contributed by atoms with van der Waals surface area (Å²) in [6, 6.07) is 0. The number of aldehydes is 1. The van der Waals surface area contributed by atoms with Crippen LogP contribution in [0.5, 0.6) is 0 Å². The van der Waals surface area contributed by atoms with Crippen LogP contribution >= 0.6 is 0 Å². The molecular weight excluding hydrogens is 220 g/mol. The van der Waals surface area contributed by atoms with Crippen LogP contribution in [-0.4, -0.2) is 35.8 Å². The third kappa shape index (κ3) is 2.06. The molecule has 7 heteroatoms. The van der Waals surface area contributed by atoms with Crippen LogP contribution in [0, 0.1) is 0 Å². The molecule has 6 nitrogen and oxygen atoms in total. The zero-order valence-corrected chi connectivity index (χ0v) is 8.74. The molecule has 1 atom stereocenters. The van der Waals surface area contributed by atoms with E-state index in [9.17, 15) is 13.2 Å². The van der Waals surface area contributed by atoms with Crippen molar-refractivity contribution in [1.29, 1.82) is 0 Å². The minimum absolute atomic E-state index is 0.111. The van der Waals surface area contributed by atoms with Gasteiger partial charge in [0.25, 0.3) is 5.89 Å². The van der Waals surface area contributed by atoms with Crippen LogP contribution in [0.25, 0.3) is 0 Å². The summed E-state index contributed by atoms with van der Waals surface area (Å²) in [5.74, 6) is 0.406. The number of carbonyl (C=O) groups excluding carboxylic acids is 1. The standard InChI is InChI=1S/C8H10N2O4S/c11-5-8-9-7(10-14-8)4-6-2-1-3-15(6,12)13/h5-6H,1-4H2. The number of hydrogen-bond acceptors (Lipinski definition) is 6. The largest absolute Gasteiger partial charge is 0.331 e. The molecule has 1 aliphatic heterocycles. The van der Waals surface area contributed by atoms with E-state index in [-0.39, 0.29) is 23.9 Å². The van der Waals surface area contributed by atoms with Gasteiger partial charge in [0.1, 0.15) is 0 Å². The summed E-state index contributed by atoms with van der Waals surface area (Å²) in [4.78, 5) is 14.0. The minimum Gasteiger partial charge on any atom is -0.331 e. The lowest BCUT2D eigenvalue weighted by atomic mass is 10.2. The Morgan fingerprint density at radius 3 is 2.87 bits per heavy atom. The molecule has 0 spiro atoms. The molecule has 0 saturated carbocycles. The summed E-state index contributed by atoms with van der Waals surface area (Å²) in [6.45, 7) is 0. The maximum absolute atomic E-state index is 11.5. The van der Waals surface area contributed by atoms with Gasteiger partial charge in [-0.25, -0.2) is 8.42 Å². The van der Waals surface area contributed by atoms with Gasteiger partial charge in [0.2, 0.25) is 6.29 Å². The monoisotopic (exact) mass is 230 g/mol. The van der Waals surface area contributed by atoms with Gasteiger partial charge >= 0.3 is 0 Å². The molecule has 1 saturated heterocycles. The Morgan fingerprint density at radius 2 is 2.33 bits per heavy atom. The van der Waals surface area contributed by atoms with Gasteiger partial charge in [-0.3, -0.25) is 4.79 Å². The van der Waals surface area contributed by atoms with Crippen LogP contribution < -0.4 is 0 Å². The van der Waals surface area contributed by atoms with Gasteiger partial charge in [-0.05, 0) is 12.8 Å². The van der Waals surface area contributed by atoms with Gasteiger partial charge in [-0.15, -0.1) is 0 Å². The molecule has 0 aromatic carbocycles. The predicted molar refractivity (Wildman–Crippen MR) is 50.2 cm³/mol. The molecular formula is C8H10N2O4S. The molecule has 1 aliphatic rings. The predicted octanol–water partition coefficient (Wildman–Crippen LogP) is 0.00180. The highest BCUT2D eigenvalue weighted by atomic mass is 32.2. The van der Waals surface area contributed by atoms with Crippen molar-refractivity contribution in [1.82, 2.24) is 10.1 Å². The lowest BCUT2D eigenvalue weighted by Crippen LogP contribution is -2.19. The van der Waals surface area contributed by atoms with E-state index in [0.717, 1.165) is 0 Å². The third-order valence-corrected chi connectivity index (χ3v) is 4.73. The molecule has 0 amide bonds. The fourth-order valence-corrected chi connectivity index (χ4v) is 3.52. The molecule has 2 heterocycles. The summed E-state index contributed by atoms with van der Waals surface area (Å²) in [6.07, 6.45) is 2.00. The quantitative estimate of drug-likeness (QED) is 0.679. The Bertz CT molecular complexity index is 465. The third-order valence-electron chi connectivity index (χ3n) is 2.46. The molecule has 2 rings (SSSR count). The molecule has 1 aromatic rings. The Hall–Kier alpha value is -1.24. The molecule has 0 aliphatic carbocycles. The Morgan fingerprint density at radius 1 is 1.53 bits per heavy atom. The fraction of sp³-hybridized carbons (Fsp3) is 0.625. The van der Waals surface area contributed by atoms with Crippen LogP contribution in [0.4, 0.5) is 0 Å². The van der Waals surface area contributed by atoms with E-state index in [1.54, 1.807) is 0 Å². The van der Waals surface area contributed by atoms with E-state index in [1.807, 2.05) is 0 Å². The van der Waals surface area contributed by atoms with Gasteiger partial charge in [0.05, 0.1) is 11.0 Å². The topological polar surface area (TPSA) is 90.1 Å². The number of rotatable bonds is 3. The Labute approximate surface area is 86.6 Å². The van der Waals surface area contributed by atoms with Crippen molar-refractivity contribution in [3.63, 3.8) is 0 Å². The molecule has 0 radical (unpaired) electrons. The SMILES string of the molecule is O=Cc1nc(CC2CCCS2(=O)=O)no1. The van der Waals surface area contributed by atoms with Crippen LogP contribution in [0.3, 0.4) is 0 Å². The lowest BCUT2D eigenvalue weighted by Gasteiger charge is -2.04. The normalized spacial score (nSPS) is 24.1. The number of carbonyl (C=O) groups is 1. The second-order valence-corrected chi connectivity index (χ2v) is 5.90. The van der Waals surface area contributed by atoms with E-state index < -0.39 is 15.1 Å². The van der Waals surface area contributed by atoms with E-state index in [1.165, 1.54) is 0 Å². The molecule has 1 aromatic heterocycles. The molecule has 15 heavy (non-hydrogen) atoms. The van der Waals surface area contributed by atoms with Crippen LogP contribution in [0.15, 0.2) is 4.52 Å². The van der Waals surface area contributed by atoms with E-state index in [2.05, 4.69) is 14.7 Å². The molecule has 82 valence electrons. The van der Waals surface area contributed by atoms with Crippen molar-refractivity contribution in [2.24, 2.45) is 0 Å². The smallest absolute Gasteiger partial charge is 0.290 e. The number of hydrogen-bond donors (Lipinski definition) is 0.